The molecule has 5 nitrogen and oxygen atoms in total. The molecule has 0 saturated heterocycles. The summed E-state index contributed by atoms with van der Waals surface area (Å²) >= 11 is 7.80. The van der Waals surface area contributed by atoms with Crippen molar-refractivity contribution >= 4 is 34.3 Å². The quantitative estimate of drug-likeness (QED) is 0.233. The van der Waals surface area contributed by atoms with Gasteiger partial charge >= 0.3 is 5.63 Å². The molecule has 0 atom stereocenters. The lowest BCUT2D eigenvalue weighted by molar-refractivity contribution is 0.559. The monoisotopic (exact) mass is 423 g/mol. The van der Waals surface area contributed by atoms with Gasteiger partial charge in [0.25, 0.3) is 0 Å². The fourth-order valence-electron chi connectivity index (χ4n) is 3.10. The summed E-state index contributed by atoms with van der Waals surface area (Å²) < 4.78 is 7.36. The summed E-state index contributed by atoms with van der Waals surface area (Å²) in [6.45, 7) is 6.31. The van der Waals surface area contributed by atoms with Crippen LogP contribution in [0, 0.1) is 6.92 Å². The zero-order valence-electron chi connectivity index (χ0n) is 15.8. The van der Waals surface area contributed by atoms with Gasteiger partial charge in [-0.2, -0.15) is 0 Å². The zero-order chi connectivity index (χ0) is 20.4. The first-order valence-corrected chi connectivity index (χ1v) is 10.4. The van der Waals surface area contributed by atoms with Crippen LogP contribution in [0.5, 0.6) is 0 Å². The van der Waals surface area contributed by atoms with Crippen molar-refractivity contribution in [2.75, 3.05) is 0 Å². The molecule has 4 aromatic rings. The van der Waals surface area contributed by atoms with Gasteiger partial charge < -0.3 is 4.42 Å². The fourth-order valence-corrected chi connectivity index (χ4v) is 4.20. The predicted octanol–water partition coefficient (Wildman–Crippen LogP) is 5.49. The van der Waals surface area contributed by atoms with Crippen molar-refractivity contribution in [2.24, 2.45) is 0 Å². The van der Waals surface area contributed by atoms with Crippen LogP contribution in [-0.4, -0.2) is 14.8 Å². The Morgan fingerprint density at radius 2 is 2.00 bits per heavy atom. The Labute approximate surface area is 177 Å². The van der Waals surface area contributed by atoms with Crippen molar-refractivity contribution in [3.05, 3.63) is 87.8 Å². The van der Waals surface area contributed by atoms with Gasteiger partial charge in [0.05, 0.1) is 0 Å². The van der Waals surface area contributed by atoms with E-state index in [2.05, 4.69) is 16.8 Å². The van der Waals surface area contributed by atoms with Crippen molar-refractivity contribution in [1.29, 1.82) is 0 Å². The molecule has 2 aromatic carbocycles. The Morgan fingerprint density at radius 3 is 2.76 bits per heavy atom. The molecule has 0 radical (unpaired) electrons. The highest BCUT2D eigenvalue weighted by atomic mass is 35.5. The normalized spacial score (nSPS) is 11.1. The van der Waals surface area contributed by atoms with Crippen molar-refractivity contribution in [2.45, 2.75) is 24.4 Å². The average molecular weight is 424 g/mol. The lowest BCUT2D eigenvalue weighted by Gasteiger charge is -2.09. The Hall–Kier alpha value is -2.83. The number of hydrogen-bond acceptors (Lipinski definition) is 5. The summed E-state index contributed by atoms with van der Waals surface area (Å²) in [7, 11) is 0. The maximum atomic E-state index is 12.0. The molecule has 7 heteroatoms. The Balaban J connectivity index is 1.69. The highest BCUT2D eigenvalue weighted by molar-refractivity contribution is 7.98. The zero-order valence-corrected chi connectivity index (χ0v) is 17.3. The summed E-state index contributed by atoms with van der Waals surface area (Å²) in [6, 6.07) is 15.0. The molecule has 0 amide bonds. The number of rotatable bonds is 6. The van der Waals surface area contributed by atoms with E-state index < -0.39 is 0 Å². The van der Waals surface area contributed by atoms with Gasteiger partial charge in [0.1, 0.15) is 5.58 Å². The summed E-state index contributed by atoms with van der Waals surface area (Å²) in [4.78, 5) is 12.0. The third-order valence-corrected chi connectivity index (χ3v) is 5.95. The second-order valence-electron chi connectivity index (χ2n) is 6.55. The van der Waals surface area contributed by atoms with Gasteiger partial charge in [-0.25, -0.2) is 4.79 Å². The molecule has 146 valence electrons. The number of thioether (sulfide) groups is 1. The van der Waals surface area contributed by atoms with Crippen LogP contribution in [0.4, 0.5) is 0 Å². The number of benzene rings is 2. The van der Waals surface area contributed by atoms with Gasteiger partial charge in [-0.05, 0) is 30.2 Å². The topological polar surface area (TPSA) is 60.9 Å². The van der Waals surface area contributed by atoms with Crippen molar-refractivity contribution in [1.82, 2.24) is 14.8 Å². The highest BCUT2D eigenvalue weighted by Crippen LogP contribution is 2.30. The maximum Gasteiger partial charge on any atom is 0.336 e. The van der Waals surface area contributed by atoms with Crippen LogP contribution in [0.2, 0.25) is 5.02 Å². The second-order valence-corrected chi connectivity index (χ2v) is 7.90. The standard InChI is InChI=1S/C22H18ClN3O2S/c1-3-9-26-21(15-7-5-4-6-8-15)24-25-22(26)29-13-16-11-20(27)28-19-10-14(2)18(23)12-17(16)19/h3-8,10-12H,1,9,13H2,2H3. The third kappa shape index (κ3) is 3.99. The molecule has 0 spiro atoms. The number of aryl methyl sites for hydroxylation is 1. The first-order valence-electron chi connectivity index (χ1n) is 9.02. The number of fused-ring (bicyclic) bond motifs is 1. The molecule has 0 bridgehead atoms. The maximum absolute atomic E-state index is 12.0. The molecule has 0 aliphatic carbocycles. The van der Waals surface area contributed by atoms with Crippen molar-refractivity contribution < 1.29 is 4.42 Å². The summed E-state index contributed by atoms with van der Waals surface area (Å²) in [6.07, 6.45) is 1.81. The lowest BCUT2D eigenvalue weighted by atomic mass is 10.1. The van der Waals surface area contributed by atoms with Gasteiger partial charge in [0, 0.05) is 34.3 Å². The molecule has 0 saturated carbocycles. The van der Waals surface area contributed by atoms with Crippen molar-refractivity contribution in [3.8, 4) is 11.4 Å². The highest BCUT2D eigenvalue weighted by Gasteiger charge is 2.15. The van der Waals surface area contributed by atoms with E-state index in [1.54, 1.807) is 6.07 Å². The van der Waals surface area contributed by atoms with Crippen LogP contribution in [-0.2, 0) is 12.3 Å². The lowest BCUT2D eigenvalue weighted by Crippen LogP contribution is -2.02. The Kier molecular flexibility index (Phi) is 5.56. The molecule has 0 fully saturated rings. The van der Waals surface area contributed by atoms with E-state index in [1.807, 2.05) is 54.0 Å². The number of nitrogens with zero attached hydrogens (tertiary/aromatic N) is 3. The molecule has 0 aliphatic heterocycles. The summed E-state index contributed by atoms with van der Waals surface area (Å²) in [5.74, 6) is 1.31. The van der Waals surface area contributed by atoms with Gasteiger partial charge in [-0.15, -0.1) is 16.8 Å². The Bertz CT molecular complexity index is 1250. The van der Waals surface area contributed by atoms with Crippen molar-refractivity contribution in [3.63, 3.8) is 0 Å². The predicted molar refractivity (Wildman–Crippen MR) is 117 cm³/mol. The van der Waals surface area contributed by atoms with Gasteiger partial charge in [0.15, 0.2) is 11.0 Å². The van der Waals surface area contributed by atoms with Crippen LogP contribution in [0.3, 0.4) is 0 Å². The SMILES string of the molecule is C=CCn1c(SCc2cc(=O)oc3cc(C)c(Cl)cc23)nnc1-c1ccccc1. The van der Waals surface area contributed by atoms with Crippen LogP contribution in [0.1, 0.15) is 11.1 Å². The van der Waals surface area contributed by atoms with Crippen LogP contribution in [0.25, 0.3) is 22.4 Å². The van der Waals surface area contributed by atoms with Gasteiger partial charge in [-0.3, -0.25) is 4.57 Å². The first kappa shape index (κ1) is 19.5. The molecule has 0 aliphatic rings. The fraction of sp³-hybridized carbons (Fsp3) is 0.136. The van der Waals surface area contributed by atoms with E-state index in [-0.39, 0.29) is 5.63 Å². The number of aromatic nitrogens is 3. The van der Waals surface area contributed by atoms with Crippen LogP contribution >= 0.6 is 23.4 Å². The number of halogens is 1. The number of hydrogen-bond donors (Lipinski definition) is 0. The largest absolute Gasteiger partial charge is 0.423 e. The number of allylic oxidation sites excluding steroid dienone is 1. The van der Waals surface area contributed by atoms with E-state index in [1.165, 1.54) is 17.8 Å². The van der Waals surface area contributed by atoms with E-state index >= 15 is 0 Å². The average Bonchev–Trinajstić information content (AvgIpc) is 3.11. The molecular weight excluding hydrogens is 406 g/mol. The minimum Gasteiger partial charge on any atom is -0.423 e. The minimum atomic E-state index is -0.382. The molecule has 2 heterocycles. The molecule has 29 heavy (non-hydrogen) atoms. The van der Waals surface area contributed by atoms with Crippen LogP contribution < -0.4 is 5.63 Å². The molecule has 4 rings (SSSR count). The minimum absolute atomic E-state index is 0.382. The van der Waals surface area contributed by atoms with Gasteiger partial charge in [-0.1, -0.05) is 59.8 Å². The Morgan fingerprint density at radius 1 is 1.21 bits per heavy atom. The van der Waals surface area contributed by atoms with Gasteiger partial charge in [0.2, 0.25) is 0 Å². The molecular formula is C22H18ClN3O2S. The second kappa shape index (κ2) is 8.27. The van der Waals surface area contributed by atoms with E-state index in [0.717, 1.165) is 33.1 Å². The summed E-state index contributed by atoms with van der Waals surface area (Å²) in [5, 5.41) is 10.9. The molecule has 2 aromatic heterocycles. The molecule has 0 unspecified atom stereocenters. The summed E-state index contributed by atoms with van der Waals surface area (Å²) in [5.41, 5.74) is 2.85. The van der Waals surface area contributed by atoms with E-state index in [4.69, 9.17) is 16.0 Å². The van der Waals surface area contributed by atoms with E-state index in [9.17, 15) is 4.79 Å². The van der Waals surface area contributed by atoms with Crippen LogP contribution in [0.15, 0.2) is 75.6 Å². The molecule has 0 N–H and O–H groups in total. The smallest absolute Gasteiger partial charge is 0.336 e. The first-order chi connectivity index (χ1) is 14.1. The third-order valence-electron chi connectivity index (χ3n) is 4.53. The van der Waals surface area contributed by atoms with E-state index in [0.29, 0.717) is 22.9 Å².